The van der Waals surface area contributed by atoms with Gasteiger partial charge in [0.15, 0.2) is 0 Å². The van der Waals surface area contributed by atoms with Gasteiger partial charge in [-0.25, -0.2) is 23.1 Å². The van der Waals surface area contributed by atoms with Gasteiger partial charge in [-0.05, 0) is 12.5 Å². The van der Waals surface area contributed by atoms with Gasteiger partial charge in [0.2, 0.25) is 16.0 Å². The molecule has 1 fully saturated rings. The van der Waals surface area contributed by atoms with Crippen molar-refractivity contribution in [3.63, 3.8) is 0 Å². The van der Waals surface area contributed by atoms with Crippen LogP contribution in [0, 0.1) is 0 Å². The maximum atomic E-state index is 11.3. The summed E-state index contributed by atoms with van der Waals surface area (Å²) in [7, 11) is -3.18. The number of benzene rings is 1. The molecule has 0 bridgehead atoms. The van der Waals surface area contributed by atoms with Crippen LogP contribution in [0.25, 0.3) is 11.3 Å². The van der Waals surface area contributed by atoms with Crippen molar-refractivity contribution in [3.8, 4) is 11.3 Å². The van der Waals surface area contributed by atoms with E-state index in [1.54, 1.807) is 6.20 Å². The van der Waals surface area contributed by atoms with Gasteiger partial charge in [-0.15, -0.1) is 0 Å². The summed E-state index contributed by atoms with van der Waals surface area (Å²) in [5, 5.41) is 0. The molecule has 0 saturated carbocycles. The van der Waals surface area contributed by atoms with E-state index in [-0.39, 0.29) is 6.04 Å². The number of hydrogen-bond acceptors (Lipinski definition) is 5. The lowest BCUT2D eigenvalue weighted by Gasteiger charge is -2.17. The van der Waals surface area contributed by atoms with Gasteiger partial charge < -0.3 is 4.90 Å². The molecule has 1 atom stereocenters. The Labute approximate surface area is 130 Å². The van der Waals surface area contributed by atoms with Crippen molar-refractivity contribution < 1.29 is 8.42 Å². The topological polar surface area (TPSA) is 75.2 Å². The number of nitrogens with one attached hydrogen (secondary N) is 1. The van der Waals surface area contributed by atoms with Crippen molar-refractivity contribution in [2.75, 3.05) is 24.2 Å². The van der Waals surface area contributed by atoms with Crippen molar-refractivity contribution in [3.05, 3.63) is 42.6 Å². The Bertz CT molecular complexity index is 749. The lowest BCUT2D eigenvalue weighted by atomic mass is 10.1. The van der Waals surface area contributed by atoms with Gasteiger partial charge in [-0.3, -0.25) is 0 Å². The van der Waals surface area contributed by atoms with Crippen LogP contribution in [0.1, 0.15) is 6.42 Å². The standard InChI is InChI=1S/C15H18N4O2S/c1-22(20,21)18-13-8-10-19(11-13)15-16-9-7-14(17-15)12-5-3-2-4-6-12/h2-7,9,13,18H,8,10-11H2,1H3. The maximum Gasteiger partial charge on any atom is 0.225 e. The minimum absolute atomic E-state index is 0.0843. The van der Waals surface area contributed by atoms with Crippen LogP contribution in [0.3, 0.4) is 0 Å². The summed E-state index contributed by atoms with van der Waals surface area (Å²) >= 11 is 0. The van der Waals surface area contributed by atoms with Gasteiger partial charge in [0.1, 0.15) is 0 Å². The van der Waals surface area contributed by atoms with Gasteiger partial charge >= 0.3 is 0 Å². The second-order valence-electron chi connectivity index (χ2n) is 5.43. The highest BCUT2D eigenvalue weighted by atomic mass is 32.2. The van der Waals surface area contributed by atoms with Gasteiger partial charge in [-0.1, -0.05) is 30.3 Å². The Balaban J connectivity index is 1.77. The van der Waals surface area contributed by atoms with Crippen LogP contribution in [-0.4, -0.2) is 43.8 Å². The van der Waals surface area contributed by atoms with Gasteiger partial charge in [-0.2, -0.15) is 0 Å². The number of rotatable bonds is 4. The van der Waals surface area contributed by atoms with Crippen molar-refractivity contribution in [1.82, 2.24) is 14.7 Å². The van der Waals surface area contributed by atoms with E-state index in [1.165, 1.54) is 6.26 Å². The van der Waals surface area contributed by atoms with Crippen molar-refractivity contribution in [2.24, 2.45) is 0 Å². The molecule has 2 aromatic rings. The molecular formula is C15H18N4O2S. The van der Waals surface area contributed by atoms with Crippen molar-refractivity contribution in [1.29, 1.82) is 0 Å². The number of hydrogen-bond donors (Lipinski definition) is 1. The predicted octanol–water partition coefficient (Wildman–Crippen LogP) is 1.27. The van der Waals surface area contributed by atoms with E-state index in [0.717, 1.165) is 24.2 Å². The molecule has 3 rings (SSSR count). The molecule has 0 radical (unpaired) electrons. The SMILES string of the molecule is CS(=O)(=O)NC1CCN(c2nccc(-c3ccccc3)n2)C1. The molecule has 6 nitrogen and oxygen atoms in total. The molecule has 1 N–H and O–H groups in total. The van der Waals surface area contributed by atoms with Crippen molar-refractivity contribution in [2.45, 2.75) is 12.5 Å². The molecule has 2 heterocycles. The normalized spacial score (nSPS) is 18.6. The highest BCUT2D eigenvalue weighted by Gasteiger charge is 2.26. The second-order valence-corrected chi connectivity index (χ2v) is 7.21. The monoisotopic (exact) mass is 318 g/mol. The molecule has 1 unspecified atom stereocenters. The van der Waals surface area contributed by atoms with Crippen molar-refractivity contribution >= 4 is 16.0 Å². The van der Waals surface area contributed by atoms with Crippen LogP contribution in [-0.2, 0) is 10.0 Å². The van der Waals surface area contributed by atoms with Crippen LogP contribution < -0.4 is 9.62 Å². The largest absolute Gasteiger partial charge is 0.339 e. The number of nitrogens with zero attached hydrogens (tertiary/aromatic N) is 3. The Morgan fingerprint density at radius 1 is 1.23 bits per heavy atom. The third-order valence-corrected chi connectivity index (χ3v) is 4.33. The molecule has 0 amide bonds. The molecule has 1 aromatic heterocycles. The molecule has 1 aromatic carbocycles. The predicted molar refractivity (Wildman–Crippen MR) is 86.1 cm³/mol. The zero-order valence-electron chi connectivity index (χ0n) is 12.3. The number of aromatic nitrogens is 2. The molecule has 0 aliphatic carbocycles. The Hall–Kier alpha value is -1.99. The molecule has 1 aliphatic rings. The Morgan fingerprint density at radius 3 is 2.73 bits per heavy atom. The van der Waals surface area contributed by atoms with Crippen LogP contribution in [0.5, 0.6) is 0 Å². The van der Waals surface area contributed by atoms with Gasteiger partial charge in [0.25, 0.3) is 0 Å². The summed E-state index contributed by atoms with van der Waals surface area (Å²) in [4.78, 5) is 10.9. The highest BCUT2D eigenvalue weighted by Crippen LogP contribution is 2.21. The molecule has 116 valence electrons. The zero-order valence-corrected chi connectivity index (χ0v) is 13.1. The summed E-state index contributed by atoms with van der Waals surface area (Å²) in [6, 6.07) is 11.7. The molecular weight excluding hydrogens is 300 g/mol. The average Bonchev–Trinajstić information content (AvgIpc) is 2.95. The third-order valence-electron chi connectivity index (χ3n) is 3.56. The van der Waals surface area contributed by atoms with Gasteiger partial charge in [0.05, 0.1) is 11.9 Å². The van der Waals surface area contributed by atoms with Crippen LogP contribution in [0.15, 0.2) is 42.6 Å². The van der Waals surface area contributed by atoms with Gasteiger partial charge in [0, 0.05) is 30.9 Å². The first-order valence-electron chi connectivity index (χ1n) is 7.12. The minimum Gasteiger partial charge on any atom is -0.339 e. The molecule has 1 aliphatic heterocycles. The van der Waals surface area contributed by atoms with Crippen LogP contribution in [0.2, 0.25) is 0 Å². The minimum atomic E-state index is -3.18. The third kappa shape index (κ3) is 3.61. The number of anilines is 1. The fourth-order valence-electron chi connectivity index (χ4n) is 2.61. The first kappa shape index (κ1) is 14.9. The smallest absolute Gasteiger partial charge is 0.225 e. The van der Waals surface area contributed by atoms with Crippen LogP contribution >= 0.6 is 0 Å². The highest BCUT2D eigenvalue weighted by molar-refractivity contribution is 7.88. The average molecular weight is 318 g/mol. The van der Waals surface area contributed by atoms with E-state index in [4.69, 9.17) is 0 Å². The Kier molecular flexibility index (Phi) is 4.08. The maximum absolute atomic E-state index is 11.3. The molecule has 0 spiro atoms. The second kappa shape index (κ2) is 6.02. The number of sulfonamides is 1. The molecule has 7 heteroatoms. The summed E-state index contributed by atoms with van der Waals surface area (Å²) in [6.45, 7) is 1.33. The summed E-state index contributed by atoms with van der Waals surface area (Å²) in [5.41, 5.74) is 1.90. The van der Waals surface area contributed by atoms with E-state index >= 15 is 0 Å². The summed E-state index contributed by atoms with van der Waals surface area (Å²) in [6.07, 6.45) is 3.68. The van der Waals surface area contributed by atoms with E-state index < -0.39 is 10.0 Å². The molecule has 1 saturated heterocycles. The van der Waals surface area contributed by atoms with E-state index in [9.17, 15) is 8.42 Å². The summed E-state index contributed by atoms with van der Waals surface area (Å²) < 4.78 is 25.3. The van der Waals surface area contributed by atoms with E-state index in [2.05, 4.69) is 14.7 Å². The van der Waals surface area contributed by atoms with E-state index in [1.807, 2.05) is 41.3 Å². The fourth-order valence-corrected chi connectivity index (χ4v) is 3.41. The fraction of sp³-hybridized carbons (Fsp3) is 0.333. The summed E-state index contributed by atoms with van der Waals surface area (Å²) in [5.74, 6) is 0.638. The molecule has 22 heavy (non-hydrogen) atoms. The zero-order chi connectivity index (χ0) is 15.6. The van der Waals surface area contributed by atoms with Crippen LogP contribution in [0.4, 0.5) is 5.95 Å². The lowest BCUT2D eigenvalue weighted by molar-refractivity contribution is 0.567. The Morgan fingerprint density at radius 2 is 2.00 bits per heavy atom. The first-order chi connectivity index (χ1) is 10.5. The first-order valence-corrected chi connectivity index (χ1v) is 9.01. The lowest BCUT2D eigenvalue weighted by Crippen LogP contribution is -2.36. The van der Waals surface area contributed by atoms with E-state index in [0.29, 0.717) is 12.5 Å². The quantitative estimate of drug-likeness (QED) is 0.919.